The predicted molar refractivity (Wildman–Crippen MR) is 146 cm³/mol. The number of hydrogen-bond donors (Lipinski definition) is 0. The molecule has 2 heteroatoms. The van der Waals surface area contributed by atoms with Crippen molar-refractivity contribution in [2.24, 2.45) is 9.98 Å². The second-order valence-electron chi connectivity index (χ2n) is 9.29. The average molecular weight is 443 g/mol. The lowest BCUT2D eigenvalue weighted by molar-refractivity contribution is 1.09. The van der Waals surface area contributed by atoms with Crippen LogP contribution >= 0.6 is 0 Å². The smallest absolute Gasteiger partial charge is 0.0932 e. The molecule has 2 aromatic rings. The van der Waals surface area contributed by atoms with Crippen molar-refractivity contribution in [3.05, 3.63) is 130 Å². The molecule has 0 heterocycles. The van der Waals surface area contributed by atoms with Gasteiger partial charge in [-0.05, 0) is 85.1 Å². The molecule has 34 heavy (non-hydrogen) atoms. The first-order valence-corrected chi connectivity index (χ1v) is 12.0. The molecule has 3 aliphatic rings. The third-order valence-electron chi connectivity index (χ3n) is 6.74. The second-order valence-corrected chi connectivity index (χ2v) is 9.29. The number of para-hydroxylation sites is 2. The molecule has 1 saturated carbocycles. The van der Waals surface area contributed by atoms with E-state index in [1.165, 1.54) is 44.5 Å². The maximum absolute atomic E-state index is 5.37. The molecule has 0 aliphatic heterocycles. The molecule has 0 amide bonds. The molecule has 0 atom stereocenters. The number of rotatable bonds is 2. The summed E-state index contributed by atoms with van der Waals surface area (Å²) in [6.45, 7) is 8.55. The molecule has 0 radical (unpaired) electrons. The van der Waals surface area contributed by atoms with Gasteiger partial charge in [0.1, 0.15) is 0 Å². The molecule has 0 aromatic heterocycles. The van der Waals surface area contributed by atoms with Gasteiger partial charge in [0.2, 0.25) is 0 Å². The van der Waals surface area contributed by atoms with Gasteiger partial charge in [0, 0.05) is 0 Å². The van der Waals surface area contributed by atoms with Gasteiger partial charge in [-0.15, -0.1) is 0 Å². The first-order chi connectivity index (χ1) is 16.5. The monoisotopic (exact) mass is 442 g/mol. The van der Waals surface area contributed by atoms with Gasteiger partial charge in [0.25, 0.3) is 0 Å². The summed E-state index contributed by atoms with van der Waals surface area (Å²) < 4.78 is 0. The van der Waals surface area contributed by atoms with Crippen LogP contribution < -0.4 is 0 Å². The lowest BCUT2D eigenvalue weighted by Crippen LogP contribution is -2.23. The van der Waals surface area contributed by atoms with Crippen molar-refractivity contribution >= 4 is 22.8 Å². The zero-order chi connectivity index (χ0) is 23.7. The minimum absolute atomic E-state index is 0.843. The van der Waals surface area contributed by atoms with E-state index in [9.17, 15) is 0 Å². The van der Waals surface area contributed by atoms with Crippen molar-refractivity contribution in [1.29, 1.82) is 0 Å². The van der Waals surface area contributed by atoms with Gasteiger partial charge in [0.15, 0.2) is 0 Å². The van der Waals surface area contributed by atoms with E-state index in [0.717, 1.165) is 35.6 Å². The number of benzene rings is 2. The molecule has 3 aliphatic carbocycles. The van der Waals surface area contributed by atoms with Crippen molar-refractivity contribution in [3.8, 4) is 0 Å². The number of allylic oxidation sites excluding steroid dienone is 12. The van der Waals surface area contributed by atoms with Crippen molar-refractivity contribution in [3.63, 3.8) is 0 Å². The van der Waals surface area contributed by atoms with Crippen LogP contribution in [0.4, 0.5) is 11.4 Å². The summed E-state index contributed by atoms with van der Waals surface area (Å²) in [6, 6.07) is 12.8. The summed E-state index contributed by atoms with van der Waals surface area (Å²) in [5, 5.41) is 0. The van der Waals surface area contributed by atoms with Crippen LogP contribution in [0, 0.1) is 27.7 Å². The normalized spacial score (nSPS) is 19.5. The van der Waals surface area contributed by atoms with Crippen molar-refractivity contribution < 1.29 is 0 Å². The number of nitrogens with zero attached hydrogens (tertiary/aromatic N) is 2. The largest absolute Gasteiger partial charge is 0.246 e. The van der Waals surface area contributed by atoms with Crippen LogP contribution in [-0.2, 0) is 0 Å². The van der Waals surface area contributed by atoms with Gasteiger partial charge >= 0.3 is 0 Å². The third-order valence-corrected chi connectivity index (χ3v) is 6.74. The van der Waals surface area contributed by atoms with Crippen molar-refractivity contribution in [2.75, 3.05) is 0 Å². The van der Waals surface area contributed by atoms with Crippen LogP contribution in [0.1, 0.15) is 35.1 Å². The Morgan fingerprint density at radius 2 is 0.794 bits per heavy atom. The van der Waals surface area contributed by atoms with Crippen LogP contribution in [0.2, 0.25) is 0 Å². The first kappa shape index (κ1) is 22.0. The number of hydrogen-bond acceptors (Lipinski definition) is 2. The number of fused-ring (bicyclic) bond motifs is 5. The highest BCUT2D eigenvalue weighted by molar-refractivity contribution is 6.54. The Kier molecular flexibility index (Phi) is 5.98. The molecule has 0 N–H and O–H groups in total. The van der Waals surface area contributed by atoms with Gasteiger partial charge in [-0.3, -0.25) is 0 Å². The second kappa shape index (κ2) is 9.23. The molecule has 2 nitrogen and oxygen atoms in total. The Morgan fingerprint density at radius 1 is 0.471 bits per heavy atom. The van der Waals surface area contributed by atoms with E-state index in [1.54, 1.807) is 0 Å². The minimum atomic E-state index is 0.843. The molecule has 168 valence electrons. The first-order valence-electron chi connectivity index (χ1n) is 12.0. The summed E-state index contributed by atoms with van der Waals surface area (Å²) in [5.74, 6) is 0. The highest BCUT2D eigenvalue weighted by Crippen LogP contribution is 2.36. The van der Waals surface area contributed by atoms with Crippen LogP contribution in [0.5, 0.6) is 0 Å². The van der Waals surface area contributed by atoms with Gasteiger partial charge in [-0.2, -0.15) is 0 Å². The van der Waals surface area contributed by atoms with Crippen molar-refractivity contribution in [1.82, 2.24) is 0 Å². The molecule has 1 fully saturated rings. The summed E-state index contributed by atoms with van der Waals surface area (Å²) in [6.07, 6.45) is 19.2. The fraction of sp³-hybridized carbons (Fsp3) is 0.188. The lowest BCUT2D eigenvalue weighted by atomic mass is 9.83. The van der Waals surface area contributed by atoms with Crippen LogP contribution in [-0.4, -0.2) is 11.4 Å². The molecule has 0 unspecified atom stereocenters. The summed E-state index contributed by atoms with van der Waals surface area (Å²) in [5.41, 5.74) is 13.8. The number of aliphatic imine (C=N–C) groups is 2. The average Bonchev–Trinajstić information content (AvgIpc) is 3.21. The van der Waals surface area contributed by atoms with E-state index in [0.29, 0.717) is 0 Å². The van der Waals surface area contributed by atoms with Gasteiger partial charge in [0.05, 0.1) is 22.8 Å². The molecular formula is C32H30N2. The Labute approximate surface area is 202 Å². The third kappa shape index (κ3) is 4.24. The van der Waals surface area contributed by atoms with Gasteiger partial charge in [-0.25, -0.2) is 9.98 Å². The van der Waals surface area contributed by atoms with Gasteiger partial charge < -0.3 is 0 Å². The SMILES string of the molecule is Cc1cccc(C)c1N=C1C2=CC=CC=C(C2)C2=CC=CC=C(C2)C1=Nc1c(C)cccc1C. The fourth-order valence-corrected chi connectivity index (χ4v) is 4.84. The zero-order valence-corrected chi connectivity index (χ0v) is 20.4. The molecule has 0 saturated heterocycles. The Hall–Kier alpha value is -3.78. The number of aryl methyl sites for hydroxylation is 4. The summed E-state index contributed by atoms with van der Waals surface area (Å²) in [4.78, 5) is 10.7. The molecule has 2 aromatic carbocycles. The van der Waals surface area contributed by atoms with E-state index < -0.39 is 0 Å². The van der Waals surface area contributed by atoms with E-state index in [2.05, 4.69) is 113 Å². The fourth-order valence-electron chi connectivity index (χ4n) is 4.84. The summed E-state index contributed by atoms with van der Waals surface area (Å²) in [7, 11) is 0. The lowest BCUT2D eigenvalue weighted by Gasteiger charge is -2.24. The quantitative estimate of drug-likeness (QED) is 0.446. The Morgan fingerprint density at radius 3 is 1.15 bits per heavy atom. The predicted octanol–water partition coefficient (Wildman–Crippen LogP) is 8.40. The maximum atomic E-state index is 5.37. The maximum Gasteiger partial charge on any atom is 0.0932 e. The zero-order valence-electron chi connectivity index (χ0n) is 20.4. The van der Waals surface area contributed by atoms with E-state index in [-0.39, 0.29) is 0 Å². The molecule has 4 bridgehead atoms. The van der Waals surface area contributed by atoms with Crippen LogP contribution in [0.25, 0.3) is 0 Å². The van der Waals surface area contributed by atoms with E-state index in [4.69, 9.17) is 9.98 Å². The molecule has 0 spiro atoms. The van der Waals surface area contributed by atoms with E-state index >= 15 is 0 Å². The standard InChI is InChI=1S/C32H30N2/c1-21-11-9-12-22(2)29(21)33-31-27-17-7-5-15-25(19-27)26-16-6-8-18-28(20-26)32(31)34-30-23(3)13-10-14-24(30)4/h5-18H,19-20H2,1-4H3. The highest BCUT2D eigenvalue weighted by atomic mass is 14.8. The molecular weight excluding hydrogens is 412 g/mol. The summed E-state index contributed by atoms with van der Waals surface area (Å²) >= 11 is 0. The van der Waals surface area contributed by atoms with Gasteiger partial charge in [-0.1, -0.05) is 85.0 Å². The minimum Gasteiger partial charge on any atom is -0.246 e. The van der Waals surface area contributed by atoms with Crippen LogP contribution in [0.15, 0.2) is 117 Å². The van der Waals surface area contributed by atoms with E-state index in [1.807, 2.05) is 0 Å². The molecule has 5 rings (SSSR count). The highest BCUT2D eigenvalue weighted by Gasteiger charge is 2.27. The topological polar surface area (TPSA) is 24.7 Å². The Balaban J connectivity index is 1.84. The van der Waals surface area contributed by atoms with Crippen LogP contribution in [0.3, 0.4) is 0 Å². The Bertz CT molecular complexity index is 1260. The van der Waals surface area contributed by atoms with Crippen molar-refractivity contribution in [2.45, 2.75) is 40.5 Å².